The maximum atomic E-state index is 11.7. The summed E-state index contributed by atoms with van der Waals surface area (Å²) in [6.45, 7) is 4.30. The van der Waals surface area contributed by atoms with Crippen LogP contribution in [0.25, 0.3) is 0 Å². The third-order valence-corrected chi connectivity index (χ3v) is 5.92. The third-order valence-electron chi connectivity index (χ3n) is 5.51. The van der Waals surface area contributed by atoms with E-state index in [4.69, 9.17) is 9.84 Å². The molecule has 9 heteroatoms. The molecule has 0 aliphatic carbocycles. The van der Waals surface area contributed by atoms with Crippen molar-refractivity contribution < 1.29 is 36.3 Å². The second-order valence-electron chi connectivity index (χ2n) is 9.24. The van der Waals surface area contributed by atoms with E-state index in [9.17, 15) is 17.8 Å². The van der Waals surface area contributed by atoms with Gasteiger partial charge in [0.2, 0.25) is 10.4 Å². The monoisotopic (exact) mass is 509 g/mol. The molecule has 0 aromatic rings. The fourth-order valence-corrected chi connectivity index (χ4v) is 3.20. The Morgan fingerprint density at radius 3 is 1.82 bits per heavy atom. The SMILES string of the molecule is CCCCCCCCC=CCCCCCCCC(=O)OCC[N+](C)(C)CCO.COS(=O)(=O)[O-]. The summed E-state index contributed by atoms with van der Waals surface area (Å²) in [4.78, 5) is 11.7. The average Bonchev–Trinajstić information content (AvgIpc) is 2.76. The highest BCUT2D eigenvalue weighted by atomic mass is 32.3. The van der Waals surface area contributed by atoms with E-state index >= 15 is 0 Å². The first kappa shape index (κ1) is 35.2. The van der Waals surface area contributed by atoms with Crippen LogP contribution in [0.15, 0.2) is 12.2 Å². The molecule has 0 heterocycles. The van der Waals surface area contributed by atoms with E-state index in [0.29, 0.717) is 24.1 Å². The van der Waals surface area contributed by atoms with Crippen LogP contribution in [0.1, 0.15) is 96.8 Å². The van der Waals surface area contributed by atoms with Crippen LogP contribution in [-0.2, 0) is 24.1 Å². The Kier molecular flexibility index (Phi) is 24.5. The minimum Gasteiger partial charge on any atom is -0.726 e. The molecule has 1 N–H and O–H groups in total. The molecule has 34 heavy (non-hydrogen) atoms. The van der Waals surface area contributed by atoms with Gasteiger partial charge in [-0.15, -0.1) is 0 Å². The van der Waals surface area contributed by atoms with Crippen molar-refractivity contribution >= 4 is 16.4 Å². The summed E-state index contributed by atoms with van der Waals surface area (Å²) in [5.74, 6) is -0.0818. The molecule has 0 amide bonds. The third kappa shape index (κ3) is 31.0. The zero-order chi connectivity index (χ0) is 26.1. The number of allylic oxidation sites excluding steroid dienone is 2. The number of ether oxygens (including phenoxy) is 1. The summed E-state index contributed by atoms with van der Waals surface area (Å²) >= 11 is 0. The zero-order valence-corrected chi connectivity index (χ0v) is 23.0. The van der Waals surface area contributed by atoms with Gasteiger partial charge < -0.3 is 18.9 Å². The Morgan fingerprint density at radius 1 is 0.882 bits per heavy atom. The number of carbonyl (C=O) groups is 1. The summed E-state index contributed by atoms with van der Waals surface area (Å²) < 4.78 is 37.0. The van der Waals surface area contributed by atoms with E-state index in [1.165, 1.54) is 70.6 Å². The van der Waals surface area contributed by atoms with Crippen LogP contribution in [0, 0.1) is 0 Å². The van der Waals surface area contributed by atoms with Gasteiger partial charge in [0, 0.05) is 6.42 Å². The van der Waals surface area contributed by atoms with Gasteiger partial charge in [0.05, 0.1) is 27.8 Å². The second kappa shape index (κ2) is 23.7. The Balaban J connectivity index is 0. The lowest BCUT2D eigenvalue weighted by Gasteiger charge is -2.28. The van der Waals surface area contributed by atoms with Gasteiger partial charge in [-0.05, 0) is 32.1 Å². The molecule has 0 rings (SSSR count). The first-order chi connectivity index (χ1) is 16.1. The number of rotatable bonds is 21. The molecule has 0 saturated carbocycles. The fourth-order valence-electron chi connectivity index (χ4n) is 3.20. The van der Waals surface area contributed by atoms with E-state index < -0.39 is 10.4 Å². The molecule has 0 bridgehead atoms. The van der Waals surface area contributed by atoms with Crippen LogP contribution >= 0.6 is 0 Å². The van der Waals surface area contributed by atoms with Crippen molar-refractivity contribution in [2.45, 2.75) is 96.8 Å². The number of quaternary nitrogens is 1. The Morgan fingerprint density at radius 2 is 1.35 bits per heavy atom. The summed E-state index contributed by atoms with van der Waals surface area (Å²) in [6.07, 6.45) is 21.7. The molecule has 0 radical (unpaired) electrons. The highest BCUT2D eigenvalue weighted by molar-refractivity contribution is 7.80. The van der Waals surface area contributed by atoms with E-state index in [1.807, 2.05) is 14.1 Å². The van der Waals surface area contributed by atoms with Crippen LogP contribution in [0.5, 0.6) is 0 Å². The predicted octanol–water partition coefficient (Wildman–Crippen LogP) is 4.73. The number of carbonyl (C=O) groups excluding carboxylic acids is 1. The Bertz CT molecular complexity index is 592. The standard InChI is InChI=1S/C24H48NO3.CH4O4S/c1-4-5-6-7-8-9-10-11-12-13-14-15-16-17-18-19-24(27)28-23-21-25(2,3)20-22-26;1-5-6(2,3)4/h11-12,26H,4-10,13-23H2,1-3H3;1H3,(H,2,3,4)/q+1;/p-1. The van der Waals surface area contributed by atoms with Crippen molar-refractivity contribution in [3.8, 4) is 0 Å². The van der Waals surface area contributed by atoms with Gasteiger partial charge in [0.15, 0.2) is 0 Å². The van der Waals surface area contributed by atoms with Crippen LogP contribution in [-0.4, -0.2) is 76.0 Å². The van der Waals surface area contributed by atoms with Crippen LogP contribution in [0.2, 0.25) is 0 Å². The molecular formula is C25H51NO7S. The smallest absolute Gasteiger partial charge is 0.305 e. The molecular weight excluding hydrogens is 458 g/mol. The molecule has 204 valence electrons. The number of esters is 1. The fraction of sp³-hybridized carbons (Fsp3) is 0.880. The van der Waals surface area contributed by atoms with E-state index in [2.05, 4.69) is 23.3 Å². The first-order valence-corrected chi connectivity index (χ1v) is 14.2. The van der Waals surface area contributed by atoms with Gasteiger partial charge in [-0.2, -0.15) is 0 Å². The van der Waals surface area contributed by atoms with Gasteiger partial charge in [-0.3, -0.25) is 8.98 Å². The first-order valence-electron chi connectivity index (χ1n) is 12.8. The second-order valence-corrected chi connectivity index (χ2v) is 10.4. The van der Waals surface area contributed by atoms with Gasteiger partial charge in [-0.25, -0.2) is 8.42 Å². The molecule has 0 fully saturated rings. The van der Waals surface area contributed by atoms with Crippen molar-refractivity contribution in [3.63, 3.8) is 0 Å². The number of aliphatic hydroxyl groups excluding tert-OH is 1. The summed E-state index contributed by atoms with van der Waals surface area (Å²) in [6, 6.07) is 0. The Labute approximate surface area is 209 Å². The molecule has 0 atom stereocenters. The highest BCUT2D eigenvalue weighted by Gasteiger charge is 2.14. The maximum Gasteiger partial charge on any atom is 0.305 e. The highest BCUT2D eigenvalue weighted by Crippen LogP contribution is 2.10. The summed E-state index contributed by atoms with van der Waals surface area (Å²) in [5.41, 5.74) is 0. The van der Waals surface area contributed by atoms with Crippen LogP contribution in [0.4, 0.5) is 0 Å². The number of unbranched alkanes of at least 4 members (excludes halogenated alkanes) is 11. The number of aliphatic hydroxyl groups is 1. The van der Waals surface area contributed by atoms with E-state index in [0.717, 1.165) is 26.5 Å². The molecule has 0 aromatic heterocycles. The maximum absolute atomic E-state index is 11.7. The molecule has 8 nitrogen and oxygen atoms in total. The minimum atomic E-state index is -4.41. The van der Waals surface area contributed by atoms with Crippen molar-refractivity contribution in [3.05, 3.63) is 12.2 Å². The molecule has 0 spiro atoms. The quantitative estimate of drug-likeness (QED) is 0.0594. The van der Waals surface area contributed by atoms with Crippen molar-refractivity contribution in [1.82, 2.24) is 0 Å². The number of hydrogen-bond donors (Lipinski definition) is 1. The van der Waals surface area contributed by atoms with Crippen LogP contribution < -0.4 is 0 Å². The summed E-state index contributed by atoms with van der Waals surface area (Å²) in [5, 5.41) is 8.99. The zero-order valence-electron chi connectivity index (χ0n) is 22.1. The number of likely N-dealkylation sites (N-methyl/N-ethyl adjacent to an activating group) is 1. The lowest BCUT2D eigenvalue weighted by atomic mass is 10.1. The van der Waals surface area contributed by atoms with Gasteiger partial charge in [0.1, 0.15) is 19.7 Å². The topological polar surface area (TPSA) is 113 Å². The average molecular weight is 510 g/mol. The van der Waals surface area contributed by atoms with E-state index in [1.54, 1.807) is 0 Å². The molecule has 0 saturated heterocycles. The molecule has 0 unspecified atom stereocenters. The van der Waals surface area contributed by atoms with Crippen LogP contribution in [0.3, 0.4) is 0 Å². The van der Waals surface area contributed by atoms with Crippen molar-refractivity contribution in [1.29, 1.82) is 0 Å². The van der Waals surface area contributed by atoms with Gasteiger partial charge in [0.25, 0.3) is 0 Å². The lowest BCUT2D eigenvalue weighted by molar-refractivity contribution is -0.890. The normalized spacial score (nSPS) is 11.9. The number of nitrogens with zero attached hydrogens (tertiary/aromatic N) is 1. The van der Waals surface area contributed by atoms with Gasteiger partial charge >= 0.3 is 5.97 Å². The molecule has 0 aliphatic rings. The molecule has 0 aliphatic heterocycles. The van der Waals surface area contributed by atoms with Crippen molar-refractivity contribution in [2.24, 2.45) is 0 Å². The van der Waals surface area contributed by atoms with E-state index in [-0.39, 0.29) is 12.6 Å². The van der Waals surface area contributed by atoms with Crippen molar-refractivity contribution in [2.75, 3.05) is 47.5 Å². The Hall–Kier alpha value is -1.00. The molecule has 0 aromatic carbocycles. The summed E-state index contributed by atoms with van der Waals surface area (Å²) in [7, 11) is 0.467. The van der Waals surface area contributed by atoms with Gasteiger partial charge in [-0.1, -0.05) is 70.4 Å². The number of hydrogen-bond acceptors (Lipinski definition) is 7. The largest absolute Gasteiger partial charge is 0.726 e. The lowest BCUT2D eigenvalue weighted by Crippen LogP contribution is -2.44. The predicted molar refractivity (Wildman–Crippen MR) is 136 cm³/mol. The minimum absolute atomic E-state index is 0.0818.